The number of carboxylic acids is 2. The molecule has 0 aromatic heterocycles. The van der Waals surface area contributed by atoms with Gasteiger partial charge in [0.1, 0.15) is 0 Å². The number of aromatic carboxylic acids is 1. The van der Waals surface area contributed by atoms with Crippen molar-refractivity contribution in [2.24, 2.45) is 0 Å². The molecule has 0 aliphatic carbocycles. The minimum atomic E-state index is -1.21. The zero-order chi connectivity index (χ0) is 13.8. The number of hydrogen-bond acceptors (Lipinski definition) is 4. The predicted molar refractivity (Wildman–Crippen MR) is 64.9 cm³/mol. The summed E-state index contributed by atoms with van der Waals surface area (Å²) in [5.41, 5.74) is 2.52. The SMILES string of the molecule is O=C([O-])Cc1ccc(-c2ccc(C(=O)[O-])cc2)cc1. The van der Waals surface area contributed by atoms with Crippen LogP contribution in [0.1, 0.15) is 15.9 Å². The van der Waals surface area contributed by atoms with Crippen molar-refractivity contribution in [3.05, 3.63) is 59.7 Å². The maximum Gasteiger partial charge on any atom is 0.0715 e. The summed E-state index contributed by atoms with van der Waals surface area (Å²) in [5.74, 6) is -2.33. The maximum absolute atomic E-state index is 10.6. The van der Waals surface area contributed by atoms with Gasteiger partial charge in [0.15, 0.2) is 0 Å². The fourth-order valence-electron chi connectivity index (χ4n) is 1.78. The van der Waals surface area contributed by atoms with Gasteiger partial charge in [0, 0.05) is 12.4 Å². The molecule has 2 aromatic carbocycles. The van der Waals surface area contributed by atoms with E-state index in [4.69, 9.17) is 0 Å². The van der Waals surface area contributed by atoms with Crippen LogP contribution in [0, 0.1) is 0 Å². The molecule has 96 valence electrons. The van der Waals surface area contributed by atoms with E-state index < -0.39 is 11.9 Å². The molecule has 0 N–H and O–H groups in total. The molecule has 0 bridgehead atoms. The highest BCUT2D eigenvalue weighted by atomic mass is 16.4. The van der Waals surface area contributed by atoms with Gasteiger partial charge in [-0.2, -0.15) is 0 Å². The summed E-state index contributed by atoms with van der Waals surface area (Å²) in [6.07, 6.45) is -0.121. The van der Waals surface area contributed by atoms with E-state index in [9.17, 15) is 19.8 Å². The molecule has 0 saturated heterocycles. The van der Waals surface area contributed by atoms with Crippen LogP contribution in [0.4, 0.5) is 0 Å². The third-order valence-electron chi connectivity index (χ3n) is 2.76. The number of benzene rings is 2. The van der Waals surface area contributed by atoms with E-state index in [1.807, 2.05) is 0 Å². The molecular formula is C15H10O4-2. The Hall–Kier alpha value is -2.62. The highest BCUT2D eigenvalue weighted by Crippen LogP contribution is 2.20. The number of carbonyl (C=O) groups excluding carboxylic acids is 2. The fourth-order valence-corrected chi connectivity index (χ4v) is 1.78. The van der Waals surface area contributed by atoms with E-state index in [0.29, 0.717) is 5.56 Å². The molecule has 0 amide bonds. The Labute approximate surface area is 109 Å². The van der Waals surface area contributed by atoms with Crippen molar-refractivity contribution in [2.45, 2.75) is 6.42 Å². The van der Waals surface area contributed by atoms with Gasteiger partial charge in [0.05, 0.1) is 5.97 Å². The standard InChI is InChI=1S/C15H12O4/c16-14(17)9-10-1-3-11(4-2-10)12-5-7-13(8-6-12)15(18)19/h1-8H,9H2,(H,16,17)(H,18,19)/p-2. The zero-order valence-corrected chi connectivity index (χ0v) is 9.96. The van der Waals surface area contributed by atoms with Gasteiger partial charge < -0.3 is 19.8 Å². The number of carbonyl (C=O) groups is 2. The first kappa shape index (κ1) is 12.8. The van der Waals surface area contributed by atoms with Crippen molar-refractivity contribution < 1.29 is 19.8 Å². The van der Waals surface area contributed by atoms with Crippen molar-refractivity contribution in [1.82, 2.24) is 0 Å². The van der Waals surface area contributed by atoms with Gasteiger partial charge >= 0.3 is 0 Å². The van der Waals surface area contributed by atoms with Gasteiger partial charge in [-0.15, -0.1) is 0 Å². The second-order valence-corrected chi connectivity index (χ2v) is 4.11. The largest absolute Gasteiger partial charge is 0.550 e. The first-order valence-corrected chi connectivity index (χ1v) is 5.67. The summed E-state index contributed by atoms with van der Waals surface area (Å²) in [5, 5.41) is 21.1. The van der Waals surface area contributed by atoms with Crippen molar-refractivity contribution in [2.75, 3.05) is 0 Å². The Kier molecular flexibility index (Phi) is 3.61. The monoisotopic (exact) mass is 254 g/mol. The molecule has 0 aliphatic heterocycles. The lowest BCUT2D eigenvalue weighted by Gasteiger charge is -2.07. The molecule has 0 saturated carbocycles. The molecular weight excluding hydrogens is 244 g/mol. The van der Waals surface area contributed by atoms with Crippen LogP contribution < -0.4 is 10.2 Å². The summed E-state index contributed by atoms with van der Waals surface area (Å²) in [7, 11) is 0. The van der Waals surface area contributed by atoms with E-state index in [1.165, 1.54) is 12.1 Å². The van der Waals surface area contributed by atoms with Crippen LogP contribution in [0.15, 0.2) is 48.5 Å². The minimum Gasteiger partial charge on any atom is -0.550 e. The van der Waals surface area contributed by atoms with E-state index in [2.05, 4.69) is 0 Å². The molecule has 4 nitrogen and oxygen atoms in total. The fraction of sp³-hybridized carbons (Fsp3) is 0.0667. The smallest absolute Gasteiger partial charge is 0.0715 e. The van der Waals surface area contributed by atoms with Crippen LogP contribution in [0.25, 0.3) is 11.1 Å². The first-order valence-electron chi connectivity index (χ1n) is 5.67. The van der Waals surface area contributed by atoms with Crippen LogP contribution in [0.5, 0.6) is 0 Å². The highest BCUT2D eigenvalue weighted by Gasteiger charge is 2.00. The molecule has 0 atom stereocenters. The zero-order valence-electron chi connectivity index (χ0n) is 9.96. The Morgan fingerprint density at radius 1 is 0.789 bits per heavy atom. The normalized spacial score (nSPS) is 10.1. The highest BCUT2D eigenvalue weighted by molar-refractivity contribution is 5.86. The molecule has 0 radical (unpaired) electrons. The summed E-state index contributed by atoms with van der Waals surface area (Å²) in [6, 6.07) is 13.3. The van der Waals surface area contributed by atoms with E-state index in [1.54, 1.807) is 36.4 Å². The van der Waals surface area contributed by atoms with Crippen LogP contribution in [-0.2, 0) is 11.2 Å². The van der Waals surface area contributed by atoms with Crippen LogP contribution in [0.3, 0.4) is 0 Å². The van der Waals surface area contributed by atoms with Gasteiger partial charge in [-0.3, -0.25) is 0 Å². The molecule has 2 rings (SSSR count). The van der Waals surface area contributed by atoms with Gasteiger partial charge in [-0.25, -0.2) is 0 Å². The predicted octanol–water partition coefficient (Wildman–Crippen LogP) is 0.00950. The second-order valence-electron chi connectivity index (χ2n) is 4.11. The molecule has 0 spiro atoms. The Morgan fingerprint density at radius 2 is 1.26 bits per heavy atom. The van der Waals surface area contributed by atoms with Gasteiger partial charge in [-0.1, -0.05) is 48.5 Å². The van der Waals surface area contributed by atoms with E-state index in [-0.39, 0.29) is 12.0 Å². The topological polar surface area (TPSA) is 80.3 Å². The Bertz CT molecular complexity index is 597. The molecule has 4 heteroatoms. The van der Waals surface area contributed by atoms with Gasteiger partial charge in [0.2, 0.25) is 0 Å². The quantitative estimate of drug-likeness (QED) is 0.769. The summed E-state index contributed by atoms with van der Waals surface area (Å²) in [4.78, 5) is 21.1. The lowest BCUT2D eigenvalue weighted by atomic mass is 10.0. The van der Waals surface area contributed by atoms with Crippen LogP contribution in [0.2, 0.25) is 0 Å². The Morgan fingerprint density at radius 3 is 1.68 bits per heavy atom. The third kappa shape index (κ3) is 3.19. The first-order chi connectivity index (χ1) is 9.06. The average molecular weight is 254 g/mol. The number of rotatable bonds is 4. The van der Waals surface area contributed by atoms with Gasteiger partial charge in [0.25, 0.3) is 0 Å². The molecule has 0 unspecified atom stereocenters. The second kappa shape index (κ2) is 5.35. The summed E-state index contributed by atoms with van der Waals surface area (Å²) < 4.78 is 0. The van der Waals surface area contributed by atoms with Crippen molar-refractivity contribution >= 4 is 11.9 Å². The maximum atomic E-state index is 10.6. The number of hydrogen-bond donors (Lipinski definition) is 0. The van der Waals surface area contributed by atoms with E-state index >= 15 is 0 Å². The van der Waals surface area contributed by atoms with Crippen molar-refractivity contribution in [3.63, 3.8) is 0 Å². The van der Waals surface area contributed by atoms with Gasteiger partial charge in [-0.05, 0) is 22.3 Å². The minimum absolute atomic E-state index is 0.121. The molecule has 0 heterocycles. The molecule has 0 aliphatic rings. The summed E-state index contributed by atoms with van der Waals surface area (Å²) in [6.45, 7) is 0. The molecule has 2 aromatic rings. The summed E-state index contributed by atoms with van der Waals surface area (Å²) >= 11 is 0. The number of carboxylic acid groups (broad SMARTS) is 2. The Balaban J connectivity index is 2.22. The van der Waals surface area contributed by atoms with Crippen LogP contribution in [-0.4, -0.2) is 11.9 Å². The van der Waals surface area contributed by atoms with E-state index in [0.717, 1.165) is 11.1 Å². The molecule has 0 fully saturated rings. The lowest BCUT2D eigenvalue weighted by molar-refractivity contribution is -0.304. The average Bonchev–Trinajstić information content (AvgIpc) is 2.39. The van der Waals surface area contributed by atoms with Crippen molar-refractivity contribution in [3.8, 4) is 11.1 Å². The van der Waals surface area contributed by atoms with Crippen LogP contribution >= 0.6 is 0 Å². The third-order valence-corrected chi connectivity index (χ3v) is 2.76. The van der Waals surface area contributed by atoms with Crippen molar-refractivity contribution in [1.29, 1.82) is 0 Å². The molecule has 19 heavy (non-hydrogen) atoms. The number of aliphatic carboxylic acids is 1. The lowest BCUT2D eigenvalue weighted by Crippen LogP contribution is -2.24.